The Balaban J connectivity index is 2.92. The Labute approximate surface area is 84.2 Å². The van der Waals surface area contributed by atoms with Gasteiger partial charge in [0.25, 0.3) is 0 Å². The van der Waals surface area contributed by atoms with Crippen molar-refractivity contribution in [3.63, 3.8) is 0 Å². The van der Waals surface area contributed by atoms with Crippen molar-refractivity contribution in [2.75, 3.05) is 0 Å². The maximum absolute atomic E-state index is 10.5. The van der Waals surface area contributed by atoms with Gasteiger partial charge in [-0.3, -0.25) is 4.79 Å². The lowest BCUT2D eigenvalue weighted by Crippen LogP contribution is -1.80. The standard InChI is InChI=1S/C9H9BrOS/c1-2-7(6-11)5-9-8(10)3-4-12-9/h3-6H,2H2,1H3/b7-5-. The number of rotatable bonds is 3. The van der Waals surface area contributed by atoms with E-state index in [0.29, 0.717) is 0 Å². The minimum absolute atomic E-state index is 0.786. The molecule has 64 valence electrons. The molecule has 0 saturated heterocycles. The van der Waals surface area contributed by atoms with Crippen LogP contribution in [-0.2, 0) is 4.79 Å². The molecule has 0 N–H and O–H groups in total. The molecule has 12 heavy (non-hydrogen) atoms. The number of aldehydes is 1. The molecule has 1 aromatic heterocycles. The molecule has 1 nitrogen and oxygen atoms in total. The van der Waals surface area contributed by atoms with E-state index in [0.717, 1.165) is 27.6 Å². The van der Waals surface area contributed by atoms with Gasteiger partial charge in [0, 0.05) is 9.35 Å². The number of hydrogen-bond acceptors (Lipinski definition) is 2. The summed E-state index contributed by atoms with van der Waals surface area (Å²) in [6, 6.07) is 1.98. The van der Waals surface area contributed by atoms with Gasteiger partial charge in [-0.15, -0.1) is 11.3 Å². The quantitative estimate of drug-likeness (QED) is 0.588. The first-order valence-electron chi connectivity index (χ1n) is 3.66. The highest BCUT2D eigenvalue weighted by molar-refractivity contribution is 9.10. The lowest BCUT2D eigenvalue weighted by molar-refractivity contribution is -0.104. The number of hydrogen-bond donors (Lipinski definition) is 0. The molecule has 0 atom stereocenters. The fraction of sp³-hybridized carbons (Fsp3) is 0.222. The summed E-state index contributed by atoms with van der Waals surface area (Å²) in [5.74, 6) is 0. The van der Waals surface area contributed by atoms with E-state index in [4.69, 9.17) is 0 Å². The number of allylic oxidation sites excluding steroid dienone is 1. The van der Waals surface area contributed by atoms with Gasteiger partial charge in [0.15, 0.2) is 0 Å². The van der Waals surface area contributed by atoms with Gasteiger partial charge in [-0.2, -0.15) is 0 Å². The highest BCUT2D eigenvalue weighted by Crippen LogP contribution is 2.25. The van der Waals surface area contributed by atoms with Crippen molar-refractivity contribution in [1.29, 1.82) is 0 Å². The molecule has 0 fully saturated rings. The second-order valence-electron chi connectivity index (χ2n) is 2.32. The molecule has 0 radical (unpaired) electrons. The van der Waals surface area contributed by atoms with Gasteiger partial charge in [0.05, 0.1) is 0 Å². The van der Waals surface area contributed by atoms with Gasteiger partial charge >= 0.3 is 0 Å². The monoisotopic (exact) mass is 244 g/mol. The summed E-state index contributed by atoms with van der Waals surface area (Å²) in [5, 5.41) is 1.99. The Morgan fingerprint density at radius 2 is 2.50 bits per heavy atom. The maximum atomic E-state index is 10.5. The number of thiophene rings is 1. The van der Waals surface area contributed by atoms with Gasteiger partial charge in [-0.25, -0.2) is 0 Å². The molecule has 0 aliphatic rings. The minimum atomic E-state index is 0.786. The summed E-state index contributed by atoms with van der Waals surface area (Å²) in [7, 11) is 0. The van der Waals surface area contributed by atoms with Crippen molar-refractivity contribution in [1.82, 2.24) is 0 Å². The number of carbonyl (C=O) groups excluding carboxylic acids is 1. The third-order valence-electron chi connectivity index (χ3n) is 1.52. The van der Waals surface area contributed by atoms with E-state index in [2.05, 4.69) is 15.9 Å². The second kappa shape index (κ2) is 4.58. The molecule has 0 aliphatic heterocycles. The summed E-state index contributed by atoms with van der Waals surface area (Å²) >= 11 is 5.03. The average molecular weight is 245 g/mol. The van der Waals surface area contributed by atoms with E-state index in [1.165, 1.54) is 0 Å². The zero-order chi connectivity index (χ0) is 8.97. The van der Waals surface area contributed by atoms with Crippen LogP contribution >= 0.6 is 27.3 Å². The zero-order valence-electron chi connectivity index (χ0n) is 6.71. The average Bonchev–Trinajstić information content (AvgIpc) is 2.47. The Morgan fingerprint density at radius 1 is 1.75 bits per heavy atom. The molecular weight excluding hydrogens is 236 g/mol. The normalized spacial score (nSPS) is 11.7. The molecule has 0 aliphatic carbocycles. The van der Waals surface area contributed by atoms with Gasteiger partial charge in [-0.1, -0.05) is 6.92 Å². The Bertz CT molecular complexity index is 301. The maximum Gasteiger partial charge on any atom is 0.146 e. The predicted molar refractivity (Wildman–Crippen MR) is 56.4 cm³/mol. The SMILES string of the molecule is CC/C(C=O)=C/c1sccc1Br. The van der Waals surface area contributed by atoms with E-state index in [1.807, 2.05) is 24.4 Å². The van der Waals surface area contributed by atoms with E-state index in [1.54, 1.807) is 11.3 Å². The largest absolute Gasteiger partial charge is 0.298 e. The van der Waals surface area contributed by atoms with Crippen molar-refractivity contribution in [3.05, 3.63) is 26.4 Å². The minimum Gasteiger partial charge on any atom is -0.298 e. The molecule has 1 rings (SSSR count). The summed E-state index contributed by atoms with van der Waals surface area (Å²) in [6.07, 6.45) is 3.61. The predicted octanol–water partition coefficient (Wildman–Crippen LogP) is 3.50. The van der Waals surface area contributed by atoms with Crippen LogP contribution in [0.3, 0.4) is 0 Å². The fourth-order valence-electron chi connectivity index (χ4n) is 0.796. The molecule has 0 spiro atoms. The van der Waals surface area contributed by atoms with Crippen molar-refractivity contribution >= 4 is 39.6 Å². The number of carbonyl (C=O) groups is 1. The van der Waals surface area contributed by atoms with Gasteiger partial charge in [-0.05, 0) is 45.4 Å². The molecule has 1 aromatic rings. The summed E-state index contributed by atoms with van der Waals surface area (Å²) in [5.41, 5.74) is 0.832. The molecular formula is C9H9BrOS. The Hall–Kier alpha value is -0.410. The van der Waals surface area contributed by atoms with Crippen LogP contribution in [0.1, 0.15) is 18.2 Å². The van der Waals surface area contributed by atoms with Crippen LogP contribution in [0.5, 0.6) is 0 Å². The van der Waals surface area contributed by atoms with Crippen LogP contribution in [0.4, 0.5) is 0 Å². The van der Waals surface area contributed by atoms with Crippen molar-refractivity contribution < 1.29 is 4.79 Å². The molecule has 0 unspecified atom stereocenters. The van der Waals surface area contributed by atoms with E-state index < -0.39 is 0 Å². The van der Waals surface area contributed by atoms with E-state index >= 15 is 0 Å². The smallest absolute Gasteiger partial charge is 0.146 e. The highest BCUT2D eigenvalue weighted by atomic mass is 79.9. The molecule has 3 heteroatoms. The first kappa shape index (κ1) is 9.68. The third kappa shape index (κ3) is 2.29. The Kier molecular flexibility index (Phi) is 3.69. The molecule has 0 amide bonds. The molecule has 1 heterocycles. The molecule has 0 aromatic carbocycles. The van der Waals surface area contributed by atoms with Crippen LogP contribution in [0.15, 0.2) is 21.5 Å². The second-order valence-corrected chi connectivity index (χ2v) is 4.13. The van der Waals surface area contributed by atoms with E-state index in [-0.39, 0.29) is 0 Å². The van der Waals surface area contributed by atoms with Gasteiger partial charge < -0.3 is 0 Å². The highest BCUT2D eigenvalue weighted by Gasteiger charge is 1.98. The first-order valence-corrected chi connectivity index (χ1v) is 5.34. The molecule has 0 bridgehead atoms. The lowest BCUT2D eigenvalue weighted by Gasteiger charge is -1.92. The number of halogens is 1. The van der Waals surface area contributed by atoms with Crippen molar-refractivity contribution in [2.24, 2.45) is 0 Å². The van der Waals surface area contributed by atoms with Gasteiger partial charge in [0.2, 0.25) is 0 Å². The topological polar surface area (TPSA) is 17.1 Å². The van der Waals surface area contributed by atoms with Crippen molar-refractivity contribution in [2.45, 2.75) is 13.3 Å². The van der Waals surface area contributed by atoms with Crippen LogP contribution in [0.2, 0.25) is 0 Å². The zero-order valence-corrected chi connectivity index (χ0v) is 9.11. The van der Waals surface area contributed by atoms with Crippen LogP contribution in [0.25, 0.3) is 6.08 Å². The Morgan fingerprint density at radius 3 is 2.92 bits per heavy atom. The fourth-order valence-corrected chi connectivity index (χ4v) is 2.25. The first-order chi connectivity index (χ1) is 5.77. The summed E-state index contributed by atoms with van der Waals surface area (Å²) < 4.78 is 1.06. The van der Waals surface area contributed by atoms with Crippen LogP contribution in [-0.4, -0.2) is 6.29 Å². The summed E-state index contributed by atoms with van der Waals surface area (Å²) in [4.78, 5) is 11.6. The van der Waals surface area contributed by atoms with Crippen LogP contribution in [0, 0.1) is 0 Å². The van der Waals surface area contributed by atoms with Crippen LogP contribution < -0.4 is 0 Å². The third-order valence-corrected chi connectivity index (χ3v) is 3.34. The van der Waals surface area contributed by atoms with E-state index in [9.17, 15) is 4.79 Å². The summed E-state index contributed by atoms with van der Waals surface area (Å²) in [6.45, 7) is 1.97. The van der Waals surface area contributed by atoms with Crippen molar-refractivity contribution in [3.8, 4) is 0 Å². The molecule has 0 saturated carbocycles. The van der Waals surface area contributed by atoms with Gasteiger partial charge in [0.1, 0.15) is 6.29 Å². The lowest BCUT2D eigenvalue weighted by atomic mass is 10.2.